The Bertz CT molecular complexity index is 606. The van der Waals surface area contributed by atoms with Gasteiger partial charge in [-0.05, 0) is 25.0 Å². The number of sulfone groups is 1. The molecule has 0 fully saturated rings. The largest absolute Gasteiger partial charge is 0.240 e. The Morgan fingerprint density at radius 3 is 2.28 bits per heavy atom. The predicted molar refractivity (Wildman–Crippen MR) is 70.7 cm³/mol. The average molecular weight is 291 g/mol. The molecule has 0 radical (unpaired) electrons. The Morgan fingerprint density at radius 1 is 1.11 bits per heavy atom. The highest BCUT2D eigenvalue weighted by Crippen LogP contribution is 2.13. The van der Waals surface area contributed by atoms with Crippen LogP contribution in [0.2, 0.25) is 0 Å². The van der Waals surface area contributed by atoms with Gasteiger partial charge >= 0.3 is 0 Å². The van der Waals surface area contributed by atoms with Crippen LogP contribution in [0.4, 0.5) is 0 Å². The molecule has 0 unspecified atom stereocenters. The molecular weight excluding hydrogens is 274 g/mol. The molecule has 0 heterocycles. The van der Waals surface area contributed by atoms with Crippen LogP contribution < -0.4 is 4.72 Å². The van der Waals surface area contributed by atoms with E-state index >= 15 is 0 Å². The fourth-order valence-corrected chi connectivity index (χ4v) is 3.46. The highest BCUT2D eigenvalue weighted by Gasteiger charge is 2.15. The molecule has 102 valence electrons. The molecule has 0 bridgehead atoms. The lowest BCUT2D eigenvalue weighted by Gasteiger charge is -2.08. The van der Waals surface area contributed by atoms with Crippen LogP contribution in [-0.4, -0.2) is 35.4 Å². The molecule has 18 heavy (non-hydrogen) atoms. The Kier molecular flexibility index (Phi) is 4.89. The van der Waals surface area contributed by atoms with Crippen LogP contribution in [0.1, 0.15) is 12.0 Å². The van der Waals surface area contributed by atoms with Gasteiger partial charge in [0, 0.05) is 12.8 Å². The molecule has 1 aromatic rings. The van der Waals surface area contributed by atoms with E-state index < -0.39 is 19.9 Å². The zero-order valence-corrected chi connectivity index (χ0v) is 12.0. The summed E-state index contributed by atoms with van der Waals surface area (Å²) in [6, 6.07) is 6.65. The molecule has 0 aliphatic rings. The Hall–Kier alpha value is -0.920. The number of sulfonamides is 1. The van der Waals surface area contributed by atoms with Crippen LogP contribution in [0.5, 0.6) is 0 Å². The first-order valence-electron chi connectivity index (χ1n) is 5.45. The van der Waals surface area contributed by atoms with Crippen molar-refractivity contribution < 1.29 is 16.8 Å². The second-order valence-corrected chi connectivity index (χ2v) is 8.14. The van der Waals surface area contributed by atoms with E-state index in [-0.39, 0.29) is 23.6 Å². The second kappa shape index (κ2) is 5.81. The summed E-state index contributed by atoms with van der Waals surface area (Å²) in [5.41, 5.74) is 0.660. The van der Waals surface area contributed by atoms with Gasteiger partial charge in [0.2, 0.25) is 10.0 Å². The zero-order valence-electron chi connectivity index (χ0n) is 10.4. The van der Waals surface area contributed by atoms with Crippen molar-refractivity contribution in [2.24, 2.45) is 0 Å². The predicted octanol–water partition coefficient (Wildman–Crippen LogP) is 0.708. The van der Waals surface area contributed by atoms with Crippen molar-refractivity contribution >= 4 is 19.9 Å². The second-order valence-electron chi connectivity index (χ2n) is 4.15. The van der Waals surface area contributed by atoms with E-state index in [1.807, 2.05) is 0 Å². The van der Waals surface area contributed by atoms with Gasteiger partial charge in [-0.25, -0.2) is 21.6 Å². The van der Waals surface area contributed by atoms with Crippen LogP contribution in [0, 0.1) is 6.92 Å². The smallest absolute Gasteiger partial charge is 0.229 e. The molecule has 0 amide bonds. The van der Waals surface area contributed by atoms with E-state index in [0.717, 1.165) is 6.26 Å². The third-order valence-electron chi connectivity index (χ3n) is 2.37. The van der Waals surface area contributed by atoms with Crippen LogP contribution >= 0.6 is 0 Å². The minimum Gasteiger partial charge on any atom is -0.229 e. The summed E-state index contributed by atoms with van der Waals surface area (Å²) < 4.78 is 48.0. The molecule has 1 aromatic carbocycles. The highest BCUT2D eigenvalue weighted by atomic mass is 32.2. The van der Waals surface area contributed by atoms with Crippen LogP contribution in [0.3, 0.4) is 0 Å². The van der Waals surface area contributed by atoms with Gasteiger partial charge in [0.1, 0.15) is 9.84 Å². The van der Waals surface area contributed by atoms with Crippen molar-refractivity contribution in [3.05, 3.63) is 29.8 Å². The van der Waals surface area contributed by atoms with Crippen molar-refractivity contribution in [2.45, 2.75) is 18.2 Å². The van der Waals surface area contributed by atoms with Gasteiger partial charge in [0.15, 0.2) is 0 Å². The zero-order chi connectivity index (χ0) is 13.8. The lowest BCUT2D eigenvalue weighted by molar-refractivity contribution is 0.577. The molecule has 0 atom stereocenters. The summed E-state index contributed by atoms with van der Waals surface area (Å²) in [6.45, 7) is 1.83. The van der Waals surface area contributed by atoms with Gasteiger partial charge in [-0.1, -0.05) is 18.2 Å². The fraction of sp³-hybridized carbons (Fsp3) is 0.455. The maximum atomic E-state index is 11.9. The van der Waals surface area contributed by atoms with E-state index in [0.29, 0.717) is 5.56 Å². The summed E-state index contributed by atoms with van der Waals surface area (Å²) in [6.07, 6.45) is 1.40. The van der Waals surface area contributed by atoms with Crippen molar-refractivity contribution in [1.29, 1.82) is 0 Å². The number of hydrogen-bond acceptors (Lipinski definition) is 4. The summed E-state index contributed by atoms with van der Waals surface area (Å²) in [5, 5.41) is 0. The van der Waals surface area contributed by atoms with Crippen molar-refractivity contribution in [3.63, 3.8) is 0 Å². The van der Waals surface area contributed by atoms with Crippen LogP contribution in [0.15, 0.2) is 29.2 Å². The Morgan fingerprint density at radius 2 is 1.72 bits per heavy atom. The summed E-state index contributed by atoms with van der Waals surface area (Å²) in [7, 11) is -6.60. The normalized spacial score (nSPS) is 12.6. The summed E-state index contributed by atoms with van der Waals surface area (Å²) >= 11 is 0. The molecule has 0 spiro atoms. The number of nitrogens with one attached hydrogen (secondary N) is 1. The SMILES string of the molecule is Cc1ccccc1S(=O)(=O)NCCCS(C)(=O)=O. The minimum absolute atomic E-state index is 0.0245. The number of hydrogen-bond donors (Lipinski definition) is 1. The lowest BCUT2D eigenvalue weighted by Crippen LogP contribution is -2.26. The van der Waals surface area contributed by atoms with E-state index in [1.54, 1.807) is 25.1 Å². The average Bonchev–Trinajstić information content (AvgIpc) is 2.24. The molecule has 0 aromatic heterocycles. The number of aryl methyl sites for hydroxylation is 1. The molecule has 7 heteroatoms. The first-order chi connectivity index (χ1) is 8.22. The molecular formula is C11H17NO4S2. The monoisotopic (exact) mass is 291 g/mol. The first kappa shape index (κ1) is 15.1. The maximum Gasteiger partial charge on any atom is 0.240 e. The fourth-order valence-electron chi connectivity index (χ4n) is 1.48. The molecule has 1 N–H and O–H groups in total. The standard InChI is InChI=1S/C11H17NO4S2/c1-10-6-3-4-7-11(10)18(15,16)12-8-5-9-17(2,13)14/h3-4,6-7,12H,5,8-9H2,1-2H3. The molecule has 0 aliphatic carbocycles. The molecule has 0 saturated carbocycles. The molecule has 1 rings (SSSR count). The molecule has 0 saturated heterocycles. The lowest BCUT2D eigenvalue weighted by atomic mass is 10.2. The van der Waals surface area contributed by atoms with Gasteiger partial charge in [-0.2, -0.15) is 0 Å². The minimum atomic E-state index is -3.55. The number of rotatable bonds is 6. The Balaban J connectivity index is 2.65. The van der Waals surface area contributed by atoms with Crippen molar-refractivity contribution in [2.75, 3.05) is 18.6 Å². The quantitative estimate of drug-likeness (QED) is 0.783. The topological polar surface area (TPSA) is 80.3 Å². The maximum absolute atomic E-state index is 11.9. The third kappa shape index (κ3) is 4.75. The highest BCUT2D eigenvalue weighted by molar-refractivity contribution is 7.90. The summed E-state index contributed by atoms with van der Waals surface area (Å²) in [5.74, 6) is -0.0245. The molecule has 5 nitrogen and oxygen atoms in total. The van der Waals surface area contributed by atoms with E-state index in [4.69, 9.17) is 0 Å². The number of benzene rings is 1. The van der Waals surface area contributed by atoms with Crippen LogP contribution in [0.25, 0.3) is 0 Å². The van der Waals surface area contributed by atoms with Gasteiger partial charge in [-0.3, -0.25) is 0 Å². The summed E-state index contributed by atoms with van der Waals surface area (Å²) in [4.78, 5) is 0.226. The van der Waals surface area contributed by atoms with E-state index in [9.17, 15) is 16.8 Å². The van der Waals surface area contributed by atoms with E-state index in [2.05, 4.69) is 4.72 Å². The molecule has 0 aliphatic heterocycles. The first-order valence-corrected chi connectivity index (χ1v) is 9.00. The van der Waals surface area contributed by atoms with Crippen molar-refractivity contribution in [3.8, 4) is 0 Å². The van der Waals surface area contributed by atoms with Crippen molar-refractivity contribution in [1.82, 2.24) is 4.72 Å². The van der Waals surface area contributed by atoms with Gasteiger partial charge in [0.05, 0.1) is 10.6 Å². The third-order valence-corrected chi connectivity index (χ3v) is 5.02. The van der Waals surface area contributed by atoms with Gasteiger partial charge < -0.3 is 0 Å². The van der Waals surface area contributed by atoms with E-state index in [1.165, 1.54) is 6.07 Å². The van der Waals surface area contributed by atoms with Gasteiger partial charge in [0.25, 0.3) is 0 Å². The van der Waals surface area contributed by atoms with Gasteiger partial charge in [-0.15, -0.1) is 0 Å². The Labute approximate surface area is 108 Å². The van der Waals surface area contributed by atoms with Crippen LogP contribution in [-0.2, 0) is 19.9 Å².